The predicted octanol–water partition coefficient (Wildman–Crippen LogP) is 4.12. The van der Waals surface area contributed by atoms with Gasteiger partial charge in [-0.25, -0.2) is 0 Å². The predicted molar refractivity (Wildman–Crippen MR) is 95.7 cm³/mol. The van der Waals surface area contributed by atoms with Crippen molar-refractivity contribution < 1.29 is 4.79 Å². The molecule has 3 rings (SSSR count). The van der Waals surface area contributed by atoms with E-state index < -0.39 is 0 Å². The van der Waals surface area contributed by atoms with Crippen LogP contribution in [0.15, 0.2) is 12.1 Å². The van der Waals surface area contributed by atoms with Gasteiger partial charge in [0.15, 0.2) is 0 Å². The molecule has 0 fully saturated rings. The van der Waals surface area contributed by atoms with Gasteiger partial charge in [-0.05, 0) is 69.9 Å². The van der Waals surface area contributed by atoms with Crippen LogP contribution in [0.1, 0.15) is 56.5 Å². The average Bonchev–Trinajstić information content (AvgIpc) is 2.96. The molecule has 0 spiro atoms. The lowest BCUT2D eigenvalue weighted by Gasteiger charge is -2.31. The zero-order chi connectivity index (χ0) is 16.9. The van der Waals surface area contributed by atoms with E-state index in [0.717, 1.165) is 19.5 Å². The van der Waals surface area contributed by atoms with Crippen LogP contribution in [0.4, 0.5) is 0 Å². The summed E-state index contributed by atoms with van der Waals surface area (Å²) in [6, 6.07) is 4.74. The summed E-state index contributed by atoms with van der Waals surface area (Å²) in [5.74, 6) is 0.265. The van der Waals surface area contributed by atoms with E-state index in [-0.39, 0.29) is 11.3 Å². The van der Waals surface area contributed by atoms with Crippen LogP contribution in [0.2, 0.25) is 0 Å². The van der Waals surface area contributed by atoms with Crippen molar-refractivity contribution >= 4 is 16.7 Å². The highest BCUT2D eigenvalue weighted by molar-refractivity contribution is 5.88. The summed E-state index contributed by atoms with van der Waals surface area (Å²) >= 11 is 0. The molecule has 0 N–H and O–H groups in total. The number of aromatic nitrogens is 1. The van der Waals surface area contributed by atoms with E-state index in [1.165, 1.54) is 33.3 Å². The van der Waals surface area contributed by atoms with E-state index in [0.29, 0.717) is 6.42 Å². The van der Waals surface area contributed by atoms with Crippen molar-refractivity contribution in [3.63, 3.8) is 0 Å². The number of hydrogen-bond donors (Lipinski definition) is 0. The van der Waals surface area contributed by atoms with Crippen molar-refractivity contribution in [2.24, 2.45) is 7.05 Å². The van der Waals surface area contributed by atoms with Crippen LogP contribution in [-0.4, -0.2) is 20.8 Å². The standard InChI is InChI=1S/C20H28N2O/c1-13(23)7-8-17-14(2)21(6)19-10-16-12-22(20(3,4)5)11-15(16)9-18(17)19/h9-10H,7-8,11-12H2,1-6H3. The van der Waals surface area contributed by atoms with E-state index >= 15 is 0 Å². The maximum absolute atomic E-state index is 11.4. The van der Waals surface area contributed by atoms with Gasteiger partial charge in [-0.2, -0.15) is 0 Å². The number of Topliss-reactive ketones (excluding diaryl/α,β-unsaturated/α-hetero) is 1. The number of carbonyl (C=O) groups excluding carboxylic acids is 1. The van der Waals surface area contributed by atoms with Gasteiger partial charge in [0, 0.05) is 48.7 Å². The molecule has 1 aliphatic heterocycles. The summed E-state index contributed by atoms with van der Waals surface area (Å²) in [6.45, 7) is 12.7. The molecule has 2 heterocycles. The van der Waals surface area contributed by atoms with E-state index in [9.17, 15) is 4.79 Å². The van der Waals surface area contributed by atoms with Gasteiger partial charge in [0.1, 0.15) is 5.78 Å². The minimum absolute atomic E-state index is 0.193. The first-order valence-electron chi connectivity index (χ1n) is 8.52. The molecule has 0 radical (unpaired) electrons. The van der Waals surface area contributed by atoms with Gasteiger partial charge in [-0.1, -0.05) is 0 Å². The first-order valence-corrected chi connectivity index (χ1v) is 8.52. The van der Waals surface area contributed by atoms with Gasteiger partial charge in [0.2, 0.25) is 0 Å². The highest BCUT2D eigenvalue weighted by Crippen LogP contribution is 2.35. The molecule has 0 unspecified atom stereocenters. The number of nitrogens with zero attached hydrogens (tertiary/aromatic N) is 2. The highest BCUT2D eigenvalue weighted by Gasteiger charge is 2.29. The molecule has 3 nitrogen and oxygen atoms in total. The number of fused-ring (bicyclic) bond motifs is 2. The second kappa shape index (κ2) is 5.48. The Bertz CT molecular complexity index is 777. The Labute approximate surface area is 139 Å². The van der Waals surface area contributed by atoms with Gasteiger partial charge in [0.05, 0.1) is 0 Å². The number of benzene rings is 1. The van der Waals surface area contributed by atoms with Crippen LogP contribution in [0.5, 0.6) is 0 Å². The molecule has 23 heavy (non-hydrogen) atoms. The zero-order valence-electron chi connectivity index (χ0n) is 15.3. The fourth-order valence-corrected chi connectivity index (χ4v) is 3.63. The first kappa shape index (κ1) is 16.3. The topological polar surface area (TPSA) is 25.2 Å². The largest absolute Gasteiger partial charge is 0.348 e. The summed E-state index contributed by atoms with van der Waals surface area (Å²) in [5.41, 5.74) is 7.02. The Morgan fingerprint density at radius 3 is 2.35 bits per heavy atom. The summed E-state index contributed by atoms with van der Waals surface area (Å²) in [6.07, 6.45) is 1.48. The smallest absolute Gasteiger partial charge is 0.130 e. The summed E-state index contributed by atoms with van der Waals surface area (Å²) in [4.78, 5) is 13.9. The second-order valence-corrected chi connectivity index (χ2v) is 7.99. The lowest BCUT2D eigenvalue weighted by atomic mass is 10.0. The highest BCUT2D eigenvalue weighted by atomic mass is 16.1. The molecular formula is C20H28N2O. The number of rotatable bonds is 3. The second-order valence-electron chi connectivity index (χ2n) is 7.99. The monoisotopic (exact) mass is 312 g/mol. The Morgan fingerprint density at radius 1 is 1.17 bits per heavy atom. The van der Waals surface area contributed by atoms with Gasteiger partial charge >= 0.3 is 0 Å². The normalized spacial score (nSPS) is 15.4. The quantitative estimate of drug-likeness (QED) is 0.851. The summed E-state index contributed by atoms with van der Waals surface area (Å²) in [7, 11) is 2.14. The van der Waals surface area contributed by atoms with Gasteiger partial charge < -0.3 is 9.36 Å². The first-order chi connectivity index (χ1) is 10.7. The van der Waals surface area contributed by atoms with Crippen molar-refractivity contribution in [1.82, 2.24) is 9.47 Å². The average molecular weight is 312 g/mol. The van der Waals surface area contributed by atoms with Gasteiger partial charge in [0.25, 0.3) is 0 Å². The van der Waals surface area contributed by atoms with E-state index in [1.54, 1.807) is 6.92 Å². The molecule has 124 valence electrons. The number of ketones is 1. The fraction of sp³-hybridized carbons (Fsp3) is 0.550. The number of hydrogen-bond acceptors (Lipinski definition) is 2. The maximum Gasteiger partial charge on any atom is 0.130 e. The van der Waals surface area contributed by atoms with Crippen LogP contribution >= 0.6 is 0 Å². The molecule has 0 bridgehead atoms. The molecule has 0 amide bonds. The summed E-state index contributed by atoms with van der Waals surface area (Å²) in [5, 5.41) is 1.33. The molecule has 2 aromatic rings. The SMILES string of the molecule is CC(=O)CCc1c(C)n(C)c2cc3c(cc12)CN(C(C)(C)C)C3. The van der Waals surface area contributed by atoms with Gasteiger partial charge in [-0.3, -0.25) is 4.90 Å². The Hall–Kier alpha value is -1.61. The minimum atomic E-state index is 0.193. The fourth-order valence-electron chi connectivity index (χ4n) is 3.63. The third kappa shape index (κ3) is 2.83. The lowest BCUT2D eigenvalue weighted by Crippen LogP contribution is -2.36. The van der Waals surface area contributed by atoms with Crippen LogP contribution < -0.4 is 0 Å². The number of aryl methyl sites for hydroxylation is 2. The Morgan fingerprint density at radius 2 is 1.78 bits per heavy atom. The molecule has 0 saturated carbocycles. The molecule has 0 saturated heterocycles. The molecule has 0 atom stereocenters. The van der Waals surface area contributed by atoms with Crippen molar-refractivity contribution in [3.05, 3.63) is 34.5 Å². The van der Waals surface area contributed by atoms with Crippen molar-refractivity contribution in [2.45, 2.75) is 66.1 Å². The van der Waals surface area contributed by atoms with Crippen LogP contribution in [0, 0.1) is 6.92 Å². The van der Waals surface area contributed by atoms with Crippen LogP contribution in [0.3, 0.4) is 0 Å². The maximum atomic E-state index is 11.4. The van der Waals surface area contributed by atoms with Crippen molar-refractivity contribution in [2.75, 3.05) is 0 Å². The van der Waals surface area contributed by atoms with Crippen LogP contribution in [-0.2, 0) is 31.4 Å². The van der Waals surface area contributed by atoms with Crippen molar-refractivity contribution in [3.8, 4) is 0 Å². The third-order valence-corrected chi connectivity index (χ3v) is 5.34. The molecule has 3 heteroatoms. The van der Waals surface area contributed by atoms with E-state index in [2.05, 4.69) is 56.3 Å². The molecule has 1 aromatic heterocycles. The molecule has 1 aliphatic rings. The number of carbonyl (C=O) groups is 1. The minimum Gasteiger partial charge on any atom is -0.348 e. The van der Waals surface area contributed by atoms with Crippen LogP contribution in [0.25, 0.3) is 10.9 Å². The molecule has 0 aliphatic carbocycles. The van der Waals surface area contributed by atoms with E-state index in [1.807, 2.05) is 0 Å². The zero-order valence-corrected chi connectivity index (χ0v) is 15.3. The van der Waals surface area contributed by atoms with Crippen molar-refractivity contribution in [1.29, 1.82) is 0 Å². The van der Waals surface area contributed by atoms with Gasteiger partial charge in [-0.15, -0.1) is 0 Å². The molecule has 1 aromatic carbocycles. The molecular weight excluding hydrogens is 284 g/mol. The lowest BCUT2D eigenvalue weighted by molar-refractivity contribution is -0.116. The Kier molecular flexibility index (Phi) is 3.88. The summed E-state index contributed by atoms with van der Waals surface area (Å²) < 4.78 is 2.28. The van der Waals surface area contributed by atoms with E-state index in [4.69, 9.17) is 0 Å². The Balaban J connectivity index is 2.05. The third-order valence-electron chi connectivity index (χ3n) is 5.34.